The summed E-state index contributed by atoms with van der Waals surface area (Å²) in [5, 5.41) is 1.50. The lowest BCUT2D eigenvalue weighted by molar-refractivity contribution is 1.25. The summed E-state index contributed by atoms with van der Waals surface area (Å²) in [5.74, 6) is 0.555. The molecular formula is C16H10ClN3O. The van der Waals surface area contributed by atoms with E-state index in [2.05, 4.69) is 15.0 Å². The molecule has 21 heavy (non-hydrogen) atoms. The summed E-state index contributed by atoms with van der Waals surface area (Å²) in [6.07, 6.45) is 0. The van der Waals surface area contributed by atoms with E-state index in [1.165, 1.54) is 0 Å². The Bertz CT molecular complexity index is 999. The van der Waals surface area contributed by atoms with Crippen LogP contribution in [0.25, 0.3) is 33.3 Å². The van der Waals surface area contributed by atoms with Crippen LogP contribution in [0.4, 0.5) is 0 Å². The van der Waals surface area contributed by atoms with Gasteiger partial charge in [-0.2, -0.15) is 0 Å². The molecule has 0 saturated carbocycles. The van der Waals surface area contributed by atoms with E-state index in [1.54, 1.807) is 18.2 Å². The number of H-pyrrole nitrogens is 2. The molecule has 0 amide bonds. The molecule has 4 rings (SSSR count). The van der Waals surface area contributed by atoms with Gasteiger partial charge in [-0.25, -0.2) is 4.98 Å². The number of hydrogen-bond donors (Lipinski definition) is 2. The van der Waals surface area contributed by atoms with Crippen molar-refractivity contribution in [2.45, 2.75) is 0 Å². The van der Waals surface area contributed by atoms with Crippen molar-refractivity contribution in [1.29, 1.82) is 0 Å². The molecule has 0 aliphatic rings. The maximum atomic E-state index is 12.2. The van der Waals surface area contributed by atoms with E-state index in [4.69, 9.17) is 11.6 Å². The lowest BCUT2D eigenvalue weighted by Gasteiger charge is -2.01. The number of para-hydroxylation sites is 2. The number of halogens is 1. The summed E-state index contributed by atoms with van der Waals surface area (Å²) >= 11 is 6.01. The van der Waals surface area contributed by atoms with Crippen LogP contribution in [0.5, 0.6) is 0 Å². The lowest BCUT2D eigenvalue weighted by atomic mass is 10.1. The van der Waals surface area contributed by atoms with E-state index in [-0.39, 0.29) is 5.56 Å². The number of hydrogen-bond acceptors (Lipinski definition) is 2. The molecule has 0 atom stereocenters. The average Bonchev–Trinajstić information content (AvgIpc) is 2.90. The van der Waals surface area contributed by atoms with Gasteiger partial charge in [0, 0.05) is 15.9 Å². The van der Waals surface area contributed by atoms with Gasteiger partial charge in [-0.05, 0) is 36.4 Å². The van der Waals surface area contributed by atoms with Crippen LogP contribution in [0.1, 0.15) is 0 Å². The van der Waals surface area contributed by atoms with Gasteiger partial charge in [-0.15, -0.1) is 0 Å². The highest BCUT2D eigenvalue weighted by Gasteiger charge is 2.10. The van der Waals surface area contributed by atoms with E-state index in [1.807, 2.05) is 30.3 Å². The summed E-state index contributed by atoms with van der Waals surface area (Å²) in [4.78, 5) is 22.7. The Morgan fingerprint density at radius 1 is 0.952 bits per heavy atom. The zero-order valence-corrected chi connectivity index (χ0v) is 11.6. The molecule has 2 aromatic carbocycles. The van der Waals surface area contributed by atoms with E-state index < -0.39 is 0 Å². The smallest absolute Gasteiger partial charge is 0.259 e. The third-order valence-corrected chi connectivity index (χ3v) is 3.69. The van der Waals surface area contributed by atoms with Gasteiger partial charge in [0.25, 0.3) is 5.56 Å². The molecule has 4 nitrogen and oxygen atoms in total. The van der Waals surface area contributed by atoms with Crippen molar-refractivity contribution in [2.75, 3.05) is 0 Å². The Hall–Kier alpha value is -2.59. The van der Waals surface area contributed by atoms with Gasteiger partial charge in [0.05, 0.1) is 16.6 Å². The van der Waals surface area contributed by atoms with Crippen molar-refractivity contribution in [3.63, 3.8) is 0 Å². The molecule has 5 heteroatoms. The highest BCUT2D eigenvalue weighted by molar-refractivity contribution is 6.31. The summed E-state index contributed by atoms with van der Waals surface area (Å²) in [7, 11) is 0. The second kappa shape index (κ2) is 4.46. The van der Waals surface area contributed by atoms with Gasteiger partial charge in [0.15, 0.2) is 0 Å². The average molecular weight is 296 g/mol. The second-order valence-corrected chi connectivity index (χ2v) is 5.28. The van der Waals surface area contributed by atoms with Crippen molar-refractivity contribution in [2.24, 2.45) is 0 Å². The second-order valence-electron chi connectivity index (χ2n) is 4.85. The largest absolute Gasteiger partial charge is 0.338 e. The van der Waals surface area contributed by atoms with Gasteiger partial charge in [-0.1, -0.05) is 23.7 Å². The van der Waals surface area contributed by atoms with E-state index in [0.29, 0.717) is 16.4 Å². The molecule has 0 unspecified atom stereocenters. The van der Waals surface area contributed by atoms with Crippen LogP contribution in [0.15, 0.2) is 53.3 Å². The first-order valence-electron chi connectivity index (χ1n) is 6.48. The van der Waals surface area contributed by atoms with Crippen LogP contribution >= 0.6 is 11.6 Å². The predicted octanol–water partition coefficient (Wildman–Crippen LogP) is 3.72. The summed E-state index contributed by atoms with van der Waals surface area (Å²) < 4.78 is 0. The van der Waals surface area contributed by atoms with Crippen LogP contribution in [0, 0.1) is 0 Å². The van der Waals surface area contributed by atoms with Crippen LogP contribution in [0.3, 0.4) is 0 Å². The number of nitrogens with zero attached hydrogens (tertiary/aromatic N) is 1. The van der Waals surface area contributed by atoms with E-state index in [0.717, 1.165) is 21.9 Å². The number of benzene rings is 2. The van der Waals surface area contributed by atoms with Gasteiger partial charge in [0.1, 0.15) is 5.82 Å². The number of aromatic amines is 2. The molecule has 0 radical (unpaired) electrons. The van der Waals surface area contributed by atoms with Gasteiger partial charge < -0.3 is 9.97 Å². The molecule has 0 fully saturated rings. The SMILES string of the molecule is O=c1[nH]c2ccc(Cl)cc2cc1-c1nc2ccccc2[nH]1. The molecule has 0 bridgehead atoms. The van der Waals surface area contributed by atoms with Crippen molar-refractivity contribution >= 4 is 33.5 Å². The zero-order chi connectivity index (χ0) is 14.4. The Morgan fingerprint density at radius 3 is 2.67 bits per heavy atom. The van der Waals surface area contributed by atoms with Crippen molar-refractivity contribution in [1.82, 2.24) is 15.0 Å². The molecule has 102 valence electrons. The monoisotopic (exact) mass is 295 g/mol. The van der Waals surface area contributed by atoms with Crippen molar-refractivity contribution < 1.29 is 0 Å². The molecule has 0 spiro atoms. The van der Waals surface area contributed by atoms with Crippen molar-refractivity contribution in [3.05, 3.63) is 63.9 Å². The molecule has 2 aromatic heterocycles. The molecular weight excluding hydrogens is 286 g/mol. The maximum absolute atomic E-state index is 12.2. The van der Waals surface area contributed by atoms with E-state index >= 15 is 0 Å². The Balaban J connectivity index is 2.00. The molecule has 2 heterocycles. The van der Waals surface area contributed by atoms with E-state index in [9.17, 15) is 4.79 Å². The fourth-order valence-corrected chi connectivity index (χ4v) is 2.61. The minimum Gasteiger partial charge on any atom is -0.338 e. The minimum atomic E-state index is -0.177. The number of pyridine rings is 1. The highest BCUT2D eigenvalue weighted by atomic mass is 35.5. The first-order valence-corrected chi connectivity index (χ1v) is 6.86. The third-order valence-electron chi connectivity index (χ3n) is 3.45. The number of fused-ring (bicyclic) bond motifs is 2. The number of aromatic nitrogens is 3. The minimum absolute atomic E-state index is 0.177. The molecule has 2 N–H and O–H groups in total. The first-order chi connectivity index (χ1) is 10.2. The highest BCUT2D eigenvalue weighted by Crippen LogP contribution is 2.22. The maximum Gasteiger partial charge on any atom is 0.259 e. The number of imidazole rings is 1. The standard InChI is InChI=1S/C16H10ClN3O/c17-10-5-6-12-9(7-10)8-11(16(21)20-12)15-18-13-3-1-2-4-14(13)19-15/h1-8H,(H,18,19)(H,20,21). The first kappa shape index (κ1) is 12.2. The zero-order valence-electron chi connectivity index (χ0n) is 10.9. The molecule has 0 saturated heterocycles. The normalized spacial score (nSPS) is 11.3. The fraction of sp³-hybridized carbons (Fsp3) is 0. The van der Waals surface area contributed by atoms with Gasteiger partial charge >= 0.3 is 0 Å². The quantitative estimate of drug-likeness (QED) is 0.562. The predicted molar refractivity (Wildman–Crippen MR) is 84.7 cm³/mol. The van der Waals surface area contributed by atoms with Crippen LogP contribution in [-0.4, -0.2) is 15.0 Å². The van der Waals surface area contributed by atoms with Crippen LogP contribution < -0.4 is 5.56 Å². The Labute approximate surface area is 124 Å². The number of rotatable bonds is 1. The Kier molecular flexibility index (Phi) is 2.59. The van der Waals surface area contributed by atoms with Gasteiger partial charge in [0.2, 0.25) is 0 Å². The fourth-order valence-electron chi connectivity index (χ4n) is 2.43. The molecule has 0 aliphatic carbocycles. The topological polar surface area (TPSA) is 61.5 Å². The van der Waals surface area contributed by atoms with Crippen LogP contribution in [0.2, 0.25) is 5.02 Å². The molecule has 4 aromatic rings. The molecule has 0 aliphatic heterocycles. The lowest BCUT2D eigenvalue weighted by Crippen LogP contribution is -2.09. The third kappa shape index (κ3) is 2.00. The summed E-state index contributed by atoms with van der Waals surface area (Å²) in [6, 6.07) is 14.8. The Morgan fingerprint density at radius 2 is 1.81 bits per heavy atom. The summed E-state index contributed by atoms with van der Waals surface area (Å²) in [5.41, 5.74) is 2.81. The number of nitrogens with one attached hydrogen (secondary N) is 2. The summed E-state index contributed by atoms with van der Waals surface area (Å²) in [6.45, 7) is 0. The van der Waals surface area contributed by atoms with Crippen LogP contribution in [-0.2, 0) is 0 Å². The van der Waals surface area contributed by atoms with Crippen molar-refractivity contribution in [3.8, 4) is 11.4 Å². The van der Waals surface area contributed by atoms with Gasteiger partial charge in [-0.3, -0.25) is 4.79 Å².